The highest BCUT2D eigenvalue weighted by molar-refractivity contribution is 6.10. The van der Waals surface area contributed by atoms with Gasteiger partial charge in [0, 0.05) is 44.0 Å². The Morgan fingerprint density at radius 3 is 2.53 bits per heavy atom. The highest BCUT2D eigenvalue weighted by Crippen LogP contribution is 2.44. The zero-order valence-electron chi connectivity index (χ0n) is 25.7. The van der Waals surface area contributed by atoms with Crippen molar-refractivity contribution in [3.63, 3.8) is 0 Å². The van der Waals surface area contributed by atoms with Crippen LogP contribution in [0.15, 0.2) is 30.6 Å². The summed E-state index contributed by atoms with van der Waals surface area (Å²) < 4.78 is 50.9. The number of carbonyl (C=O) groups excluding carboxylic acids is 1. The Balaban J connectivity index is 1.43. The number of alkyl halides is 3. The molecule has 3 aromatic rings. The van der Waals surface area contributed by atoms with E-state index in [4.69, 9.17) is 9.72 Å². The van der Waals surface area contributed by atoms with Crippen LogP contribution in [0.3, 0.4) is 0 Å². The first-order valence-corrected chi connectivity index (χ1v) is 15.3. The number of nitriles is 1. The number of halogens is 3. The van der Waals surface area contributed by atoms with Crippen LogP contribution in [0, 0.1) is 11.3 Å². The molecule has 1 aromatic carbocycles. The van der Waals surface area contributed by atoms with Crippen LogP contribution in [0.25, 0.3) is 0 Å². The fraction of sp³-hybridized carbons (Fsp3) is 0.531. The van der Waals surface area contributed by atoms with E-state index in [0.29, 0.717) is 43.3 Å². The molecule has 45 heavy (non-hydrogen) atoms. The molecular weight excluding hydrogens is 585 g/mol. The van der Waals surface area contributed by atoms with E-state index in [2.05, 4.69) is 33.8 Å². The number of hydrogen-bond acceptors (Lipinski definition) is 8. The Morgan fingerprint density at radius 2 is 1.91 bits per heavy atom. The van der Waals surface area contributed by atoms with Crippen LogP contribution < -0.4 is 15.5 Å². The predicted octanol–water partition coefficient (Wildman–Crippen LogP) is 5.23. The maximum Gasteiger partial charge on any atom is 0.416 e. The third-order valence-corrected chi connectivity index (χ3v) is 9.50. The monoisotopic (exact) mass is 622 g/mol. The molecule has 10 nitrogen and oxygen atoms in total. The molecule has 6 rings (SSSR count). The summed E-state index contributed by atoms with van der Waals surface area (Å²) in [6.07, 6.45) is 1.37. The maximum atomic E-state index is 14.4. The predicted molar refractivity (Wildman–Crippen MR) is 160 cm³/mol. The minimum Gasteiger partial charge on any atom is -0.381 e. The van der Waals surface area contributed by atoms with Crippen molar-refractivity contribution >= 4 is 17.5 Å². The maximum absolute atomic E-state index is 14.4. The Morgan fingerprint density at radius 1 is 1.16 bits per heavy atom. The Labute approximate surface area is 260 Å². The topological polar surface area (TPSA) is 121 Å². The highest BCUT2D eigenvalue weighted by atomic mass is 19.4. The average molecular weight is 623 g/mol. The van der Waals surface area contributed by atoms with Crippen molar-refractivity contribution < 1.29 is 22.7 Å². The summed E-state index contributed by atoms with van der Waals surface area (Å²) in [7, 11) is 1.86. The third kappa shape index (κ3) is 5.89. The number of pyridine rings is 1. The summed E-state index contributed by atoms with van der Waals surface area (Å²) in [5, 5.41) is 24.4. The number of carbonyl (C=O) groups is 1. The van der Waals surface area contributed by atoms with Crippen LogP contribution in [0.4, 0.5) is 24.8 Å². The number of fused-ring (bicyclic) bond motifs is 1. The summed E-state index contributed by atoms with van der Waals surface area (Å²) in [6, 6.07) is 8.27. The minimum atomic E-state index is -4.64. The molecule has 1 atom stereocenters. The number of rotatable bonds is 9. The number of anilines is 2. The largest absolute Gasteiger partial charge is 0.416 e. The Hall–Kier alpha value is -4.02. The number of aromatic nitrogens is 4. The quantitative estimate of drug-likeness (QED) is 0.333. The molecular formula is C32H37F3N8O2. The first kappa shape index (κ1) is 31.0. The molecule has 2 aromatic heterocycles. The normalized spacial score (nSPS) is 19.5. The molecule has 0 radical (unpaired) electrons. The van der Waals surface area contributed by atoms with E-state index in [1.54, 1.807) is 18.5 Å². The molecule has 1 amide bonds. The van der Waals surface area contributed by atoms with Gasteiger partial charge in [-0.25, -0.2) is 4.98 Å². The SMILES string of the molecule is C[C@@H](CC#N)Nc1cc(C2(c3nncn3C)CCOCC2)cc(N2Cc3c(cc(CNC4(C)CCC4)cc3C(F)(F)F)C2=O)n1. The first-order chi connectivity index (χ1) is 21.4. The van der Waals surface area contributed by atoms with Gasteiger partial charge < -0.3 is 19.9 Å². The lowest BCUT2D eigenvalue weighted by atomic mass is 9.73. The van der Waals surface area contributed by atoms with Crippen molar-refractivity contribution in [3.05, 3.63) is 64.2 Å². The van der Waals surface area contributed by atoms with Gasteiger partial charge in [0.05, 0.1) is 30.0 Å². The van der Waals surface area contributed by atoms with Crippen molar-refractivity contribution in [1.29, 1.82) is 5.26 Å². The fourth-order valence-electron chi connectivity index (χ4n) is 6.73. The number of amides is 1. The zero-order chi connectivity index (χ0) is 32.0. The van der Waals surface area contributed by atoms with Gasteiger partial charge in [0.15, 0.2) is 0 Å². The van der Waals surface area contributed by atoms with Crippen molar-refractivity contribution in [2.75, 3.05) is 23.4 Å². The van der Waals surface area contributed by atoms with Crippen LogP contribution in [0.2, 0.25) is 0 Å². The summed E-state index contributed by atoms with van der Waals surface area (Å²) in [5.74, 6) is 0.819. The Kier molecular flexibility index (Phi) is 8.07. The number of nitrogens with one attached hydrogen (secondary N) is 2. The van der Waals surface area contributed by atoms with Crippen LogP contribution in [0.5, 0.6) is 0 Å². The summed E-state index contributed by atoms with van der Waals surface area (Å²) in [4.78, 5) is 20.0. The van der Waals surface area contributed by atoms with E-state index in [1.165, 1.54) is 4.90 Å². The molecule has 0 bridgehead atoms. The van der Waals surface area contributed by atoms with Gasteiger partial charge in [-0.15, -0.1) is 10.2 Å². The number of benzene rings is 1. The van der Waals surface area contributed by atoms with E-state index < -0.39 is 23.1 Å². The smallest absolute Gasteiger partial charge is 0.381 e. The number of hydrogen-bond donors (Lipinski definition) is 2. The number of aryl methyl sites for hydroxylation is 1. The van der Waals surface area contributed by atoms with Gasteiger partial charge in [0.1, 0.15) is 23.8 Å². The zero-order valence-corrected chi connectivity index (χ0v) is 25.7. The van der Waals surface area contributed by atoms with Crippen LogP contribution >= 0.6 is 0 Å². The lowest BCUT2D eigenvalue weighted by Gasteiger charge is -2.39. The second-order valence-electron chi connectivity index (χ2n) is 12.8. The van der Waals surface area contributed by atoms with Crippen molar-refractivity contribution in [1.82, 2.24) is 25.1 Å². The molecule has 1 saturated carbocycles. The van der Waals surface area contributed by atoms with Gasteiger partial charge in [0.2, 0.25) is 0 Å². The standard InChI is InChI=1S/C32H37F3N8O2/c1-20(5-10-36)39-26-15-22(31(8-11-45-12-9-31)29-41-38-19-42(29)3)16-27(40-26)43-18-24-23(28(43)44)13-21(14-25(24)32(33,34)35)17-37-30(2)6-4-7-30/h13-16,19-20,37H,4-9,11-12,17-18H2,1-3H3,(H,39,40)/t20-/m0/s1. The Bertz CT molecular complexity index is 1640. The van der Waals surface area contributed by atoms with Gasteiger partial charge in [0.25, 0.3) is 5.91 Å². The molecule has 238 valence electrons. The molecule has 0 unspecified atom stereocenters. The summed E-state index contributed by atoms with van der Waals surface area (Å²) >= 11 is 0. The molecule has 2 fully saturated rings. The van der Waals surface area contributed by atoms with Crippen LogP contribution in [-0.4, -0.2) is 50.5 Å². The van der Waals surface area contributed by atoms with Crippen LogP contribution in [-0.2, 0) is 36.5 Å². The van der Waals surface area contributed by atoms with E-state index in [1.807, 2.05) is 24.6 Å². The lowest BCUT2D eigenvalue weighted by molar-refractivity contribution is -0.138. The molecule has 1 aliphatic carbocycles. The summed E-state index contributed by atoms with van der Waals surface area (Å²) in [6.45, 7) is 4.82. The highest BCUT2D eigenvalue weighted by Gasteiger charge is 2.44. The fourth-order valence-corrected chi connectivity index (χ4v) is 6.73. The molecule has 1 saturated heterocycles. The van der Waals surface area contributed by atoms with Gasteiger partial charge in [-0.2, -0.15) is 18.4 Å². The van der Waals surface area contributed by atoms with Crippen molar-refractivity contribution in [2.45, 2.75) is 88.6 Å². The van der Waals surface area contributed by atoms with Gasteiger partial charge >= 0.3 is 6.18 Å². The molecule has 3 aliphatic rings. The van der Waals surface area contributed by atoms with Gasteiger partial charge in [-0.1, -0.05) is 0 Å². The number of ether oxygens (including phenoxy) is 1. The second-order valence-corrected chi connectivity index (χ2v) is 12.8. The van der Waals surface area contributed by atoms with E-state index in [0.717, 1.165) is 30.9 Å². The minimum absolute atomic E-state index is 0.0361. The van der Waals surface area contributed by atoms with E-state index >= 15 is 0 Å². The van der Waals surface area contributed by atoms with Crippen LogP contribution in [0.1, 0.15) is 90.8 Å². The average Bonchev–Trinajstić information content (AvgIpc) is 3.57. The first-order valence-electron chi connectivity index (χ1n) is 15.3. The van der Waals surface area contributed by atoms with Crippen molar-refractivity contribution in [2.24, 2.45) is 7.05 Å². The molecule has 0 spiro atoms. The number of nitrogens with zero attached hydrogens (tertiary/aromatic N) is 6. The van der Waals surface area contributed by atoms with E-state index in [9.17, 15) is 23.2 Å². The second kappa shape index (κ2) is 11.7. The molecule has 13 heteroatoms. The van der Waals surface area contributed by atoms with Gasteiger partial charge in [-0.3, -0.25) is 9.69 Å². The lowest BCUT2D eigenvalue weighted by Crippen LogP contribution is -2.47. The summed E-state index contributed by atoms with van der Waals surface area (Å²) in [5.41, 5.74) is -0.358. The van der Waals surface area contributed by atoms with E-state index in [-0.39, 0.29) is 48.0 Å². The van der Waals surface area contributed by atoms with Crippen molar-refractivity contribution in [3.8, 4) is 6.07 Å². The molecule has 4 heterocycles. The van der Waals surface area contributed by atoms with Gasteiger partial charge in [-0.05, 0) is 86.9 Å². The third-order valence-electron chi connectivity index (χ3n) is 9.50. The molecule has 2 aliphatic heterocycles. The molecule has 2 N–H and O–H groups in total.